The Kier molecular flexibility index (Phi) is 4.56. The summed E-state index contributed by atoms with van der Waals surface area (Å²) in [5, 5.41) is 4.04. The van der Waals surface area contributed by atoms with E-state index >= 15 is 0 Å². The maximum Gasteiger partial charge on any atom is 0.422 e. The molecular formula is C31H30F3N2+. The third-order valence-electron chi connectivity index (χ3n) is 7.71. The number of fused-ring (bicyclic) bond motifs is 6. The average Bonchev–Trinajstić information content (AvgIpc) is 3.09. The van der Waals surface area contributed by atoms with Crippen LogP contribution in [-0.2, 0) is 19.6 Å². The van der Waals surface area contributed by atoms with Gasteiger partial charge in [-0.05, 0) is 67.0 Å². The minimum Gasteiger partial charge on any atom is -0.307 e. The maximum absolute atomic E-state index is 14.2. The highest BCUT2D eigenvalue weighted by molar-refractivity contribution is 6.28. The largest absolute Gasteiger partial charge is 0.422 e. The lowest BCUT2D eigenvalue weighted by molar-refractivity contribution is -0.644. The SMILES string of the molecule is Cc1cc(C)c2c(c1C)c1c3c(ccc4c5cc(CC(C)(C)C)ccc5n2c43)c(C(F)(F)F)c[n+]1C. The van der Waals surface area contributed by atoms with Crippen molar-refractivity contribution in [3.8, 4) is 0 Å². The van der Waals surface area contributed by atoms with Crippen LogP contribution in [0.2, 0.25) is 0 Å². The summed E-state index contributed by atoms with van der Waals surface area (Å²) < 4.78 is 46.6. The molecule has 0 atom stereocenters. The molecule has 2 nitrogen and oxygen atoms in total. The lowest BCUT2D eigenvalue weighted by atomic mass is 9.88. The smallest absolute Gasteiger partial charge is 0.307 e. The lowest BCUT2D eigenvalue weighted by Gasteiger charge is -2.18. The number of aromatic nitrogens is 2. The Hall–Kier alpha value is -3.34. The van der Waals surface area contributed by atoms with Crippen LogP contribution in [0.3, 0.4) is 0 Å². The molecule has 3 aromatic heterocycles. The van der Waals surface area contributed by atoms with E-state index in [1.807, 2.05) is 6.07 Å². The van der Waals surface area contributed by atoms with E-state index in [9.17, 15) is 13.2 Å². The van der Waals surface area contributed by atoms with Gasteiger partial charge in [0.05, 0.1) is 27.3 Å². The van der Waals surface area contributed by atoms with Gasteiger partial charge in [-0.1, -0.05) is 45.0 Å². The highest BCUT2D eigenvalue weighted by atomic mass is 19.4. The van der Waals surface area contributed by atoms with Crippen LogP contribution in [0.5, 0.6) is 0 Å². The van der Waals surface area contributed by atoms with Gasteiger partial charge in [0.25, 0.3) is 0 Å². The van der Waals surface area contributed by atoms with Crippen molar-refractivity contribution in [2.45, 2.75) is 54.1 Å². The molecule has 6 rings (SSSR count). The van der Waals surface area contributed by atoms with E-state index in [0.717, 1.165) is 61.3 Å². The first kappa shape index (κ1) is 23.1. The summed E-state index contributed by atoms with van der Waals surface area (Å²) in [4.78, 5) is 0. The first-order valence-electron chi connectivity index (χ1n) is 12.4. The van der Waals surface area contributed by atoms with Crippen LogP contribution in [0, 0.1) is 26.2 Å². The topological polar surface area (TPSA) is 8.29 Å². The molecule has 0 aliphatic rings. The van der Waals surface area contributed by atoms with Crippen LogP contribution in [0.25, 0.3) is 49.0 Å². The highest BCUT2D eigenvalue weighted by Gasteiger charge is 2.38. The number of hydrogen-bond acceptors (Lipinski definition) is 0. The van der Waals surface area contributed by atoms with E-state index in [1.54, 1.807) is 17.7 Å². The number of pyridine rings is 2. The van der Waals surface area contributed by atoms with Gasteiger partial charge < -0.3 is 4.40 Å². The van der Waals surface area contributed by atoms with Crippen LogP contribution in [0.4, 0.5) is 13.2 Å². The summed E-state index contributed by atoms with van der Waals surface area (Å²) >= 11 is 0. The van der Waals surface area contributed by atoms with E-state index in [2.05, 4.69) is 70.2 Å². The van der Waals surface area contributed by atoms with Gasteiger partial charge in [-0.3, -0.25) is 0 Å². The van der Waals surface area contributed by atoms with Gasteiger partial charge in [-0.25, -0.2) is 0 Å². The van der Waals surface area contributed by atoms with Crippen molar-refractivity contribution in [2.24, 2.45) is 12.5 Å². The van der Waals surface area contributed by atoms with Crippen molar-refractivity contribution in [3.63, 3.8) is 0 Å². The first-order chi connectivity index (χ1) is 16.8. The maximum atomic E-state index is 14.2. The predicted octanol–water partition coefficient (Wildman–Crippen LogP) is 8.35. The number of nitrogens with zero attached hydrogens (tertiary/aromatic N) is 2. The minimum atomic E-state index is -4.45. The third kappa shape index (κ3) is 3.07. The molecule has 0 amide bonds. The molecule has 6 aromatic rings. The van der Waals surface area contributed by atoms with E-state index in [0.29, 0.717) is 5.39 Å². The van der Waals surface area contributed by atoms with E-state index in [-0.39, 0.29) is 10.8 Å². The molecule has 0 aliphatic carbocycles. The number of aryl methyl sites for hydroxylation is 4. The Morgan fingerprint density at radius 2 is 1.50 bits per heavy atom. The zero-order chi connectivity index (χ0) is 25.9. The summed E-state index contributed by atoms with van der Waals surface area (Å²) in [5.41, 5.74) is 7.95. The zero-order valence-corrected chi connectivity index (χ0v) is 21.8. The van der Waals surface area contributed by atoms with E-state index < -0.39 is 11.7 Å². The molecule has 0 aliphatic heterocycles. The van der Waals surface area contributed by atoms with Gasteiger partial charge in [-0.15, -0.1) is 0 Å². The number of hydrogen-bond donors (Lipinski definition) is 0. The first-order valence-corrected chi connectivity index (χ1v) is 12.4. The molecule has 0 bridgehead atoms. The molecule has 0 N–H and O–H groups in total. The average molecular weight is 488 g/mol. The summed E-state index contributed by atoms with van der Waals surface area (Å²) in [6.45, 7) is 12.9. The summed E-state index contributed by atoms with van der Waals surface area (Å²) in [5.74, 6) is 0. The monoisotopic (exact) mass is 487 g/mol. The van der Waals surface area contributed by atoms with Crippen molar-refractivity contribution in [1.82, 2.24) is 4.40 Å². The van der Waals surface area contributed by atoms with Crippen molar-refractivity contribution in [1.29, 1.82) is 0 Å². The molecule has 3 heterocycles. The van der Waals surface area contributed by atoms with Gasteiger partial charge in [0.15, 0.2) is 6.20 Å². The Morgan fingerprint density at radius 3 is 2.17 bits per heavy atom. The normalized spacial score (nSPS) is 13.4. The Morgan fingerprint density at radius 1 is 0.806 bits per heavy atom. The van der Waals surface area contributed by atoms with Crippen molar-refractivity contribution >= 4 is 49.0 Å². The van der Waals surface area contributed by atoms with Crippen molar-refractivity contribution in [3.05, 3.63) is 70.4 Å². The summed E-state index contributed by atoms with van der Waals surface area (Å²) in [6, 6.07) is 12.3. The summed E-state index contributed by atoms with van der Waals surface area (Å²) in [7, 11) is 1.74. The van der Waals surface area contributed by atoms with E-state index in [1.165, 1.54) is 11.8 Å². The molecule has 0 saturated heterocycles. The van der Waals surface area contributed by atoms with Gasteiger partial charge in [0, 0.05) is 16.2 Å². The molecule has 0 radical (unpaired) electrons. The molecule has 0 fully saturated rings. The standard InChI is InChI=1S/C31H30F3N2/c1-16-12-17(2)27-25(18(16)3)29-26-21(23(15-35(29)7)31(32,33)34)10-9-20-22-13-19(14-30(4,5)6)8-11-24(22)36(27)28(20)26/h8-13,15H,14H2,1-7H3/q+1. The second kappa shape index (κ2) is 7.12. The quantitative estimate of drug-likeness (QED) is 0.125. The Bertz CT molecular complexity index is 1860. The molecule has 0 unspecified atom stereocenters. The van der Waals surface area contributed by atoms with Crippen LogP contribution in [-0.4, -0.2) is 4.40 Å². The minimum absolute atomic E-state index is 0.132. The highest BCUT2D eigenvalue weighted by Crippen LogP contribution is 2.45. The number of rotatable bonds is 1. The fourth-order valence-electron chi connectivity index (χ4n) is 6.26. The molecule has 36 heavy (non-hydrogen) atoms. The van der Waals surface area contributed by atoms with Gasteiger partial charge in [0.1, 0.15) is 12.6 Å². The Labute approximate surface area is 208 Å². The number of benzene rings is 3. The molecule has 184 valence electrons. The van der Waals surface area contributed by atoms with Gasteiger partial charge >= 0.3 is 6.18 Å². The second-order valence-corrected chi connectivity index (χ2v) is 11.7. The molecule has 5 heteroatoms. The number of halogens is 3. The number of alkyl halides is 3. The van der Waals surface area contributed by atoms with Crippen LogP contribution >= 0.6 is 0 Å². The lowest BCUT2D eigenvalue weighted by Crippen LogP contribution is -2.32. The third-order valence-corrected chi connectivity index (χ3v) is 7.71. The predicted molar refractivity (Wildman–Crippen MR) is 142 cm³/mol. The van der Waals surface area contributed by atoms with Gasteiger partial charge in [0.2, 0.25) is 5.52 Å². The van der Waals surface area contributed by atoms with Gasteiger partial charge in [-0.2, -0.15) is 17.7 Å². The molecular weight excluding hydrogens is 457 g/mol. The van der Waals surface area contributed by atoms with Crippen LogP contribution in [0.15, 0.2) is 42.6 Å². The molecule has 0 spiro atoms. The Balaban J connectivity index is 1.96. The fraction of sp³-hybridized carbons (Fsp3) is 0.323. The van der Waals surface area contributed by atoms with Crippen LogP contribution in [0.1, 0.15) is 48.6 Å². The van der Waals surface area contributed by atoms with Crippen molar-refractivity contribution in [2.75, 3.05) is 0 Å². The molecule has 3 aromatic carbocycles. The van der Waals surface area contributed by atoms with E-state index in [4.69, 9.17) is 0 Å². The zero-order valence-electron chi connectivity index (χ0n) is 21.8. The fourth-order valence-corrected chi connectivity index (χ4v) is 6.26. The summed E-state index contributed by atoms with van der Waals surface area (Å²) in [6.07, 6.45) is -2.27. The van der Waals surface area contributed by atoms with Crippen LogP contribution < -0.4 is 4.57 Å². The van der Waals surface area contributed by atoms with Crippen molar-refractivity contribution < 1.29 is 17.7 Å². The second-order valence-electron chi connectivity index (χ2n) is 11.7. The molecule has 0 saturated carbocycles.